The molecule has 0 bridgehead atoms. The van der Waals surface area contributed by atoms with Crippen molar-refractivity contribution in [1.82, 2.24) is 4.98 Å². The van der Waals surface area contributed by atoms with E-state index in [0.717, 1.165) is 24.2 Å². The van der Waals surface area contributed by atoms with Gasteiger partial charge in [-0.15, -0.1) is 0 Å². The number of pyridine rings is 1. The third kappa shape index (κ3) is 5.03. The van der Waals surface area contributed by atoms with Gasteiger partial charge in [0, 0.05) is 12.7 Å². The van der Waals surface area contributed by atoms with E-state index in [1.165, 1.54) is 32.1 Å². The second-order valence-corrected chi connectivity index (χ2v) is 6.01. The number of hydrogen-bond acceptors (Lipinski definition) is 4. The van der Waals surface area contributed by atoms with E-state index in [2.05, 4.69) is 17.2 Å². The molecule has 2 rings (SSSR count). The zero-order valence-electron chi connectivity index (χ0n) is 13.1. The quantitative estimate of drug-likeness (QED) is 0.808. The lowest BCUT2D eigenvalue weighted by atomic mass is 9.81. The summed E-state index contributed by atoms with van der Waals surface area (Å²) in [5, 5.41) is 3.34. The van der Waals surface area contributed by atoms with Crippen LogP contribution in [0.2, 0.25) is 0 Å². The monoisotopic (exact) mass is 290 g/mol. The van der Waals surface area contributed by atoms with Crippen molar-refractivity contribution in [2.24, 2.45) is 11.8 Å². The Balaban J connectivity index is 1.74. The molecule has 1 fully saturated rings. The fourth-order valence-electron chi connectivity index (χ4n) is 3.06. The smallest absolute Gasteiger partial charge is 0.339 e. The number of nitrogens with zero attached hydrogens (tertiary/aromatic N) is 1. The van der Waals surface area contributed by atoms with Crippen molar-refractivity contribution in [3.63, 3.8) is 0 Å². The number of hydrogen-bond donors (Lipinski definition) is 1. The van der Waals surface area contributed by atoms with Crippen molar-refractivity contribution in [2.45, 2.75) is 46.0 Å². The second kappa shape index (κ2) is 8.01. The fraction of sp³-hybridized carbons (Fsp3) is 0.647. The molecule has 1 aliphatic carbocycles. The third-order valence-electron chi connectivity index (χ3n) is 4.18. The van der Waals surface area contributed by atoms with E-state index in [4.69, 9.17) is 4.74 Å². The predicted octanol–water partition coefficient (Wildman–Crippen LogP) is 3.89. The van der Waals surface area contributed by atoms with E-state index in [1.807, 2.05) is 6.07 Å². The van der Waals surface area contributed by atoms with Crippen LogP contribution in [0.25, 0.3) is 0 Å². The molecule has 0 aromatic carbocycles. The summed E-state index contributed by atoms with van der Waals surface area (Å²) < 4.78 is 4.94. The first-order chi connectivity index (χ1) is 10.2. The third-order valence-corrected chi connectivity index (χ3v) is 4.18. The molecule has 0 spiro atoms. The summed E-state index contributed by atoms with van der Waals surface area (Å²) in [5.74, 6) is 2.24. The zero-order valence-corrected chi connectivity index (χ0v) is 13.1. The molecule has 1 aromatic rings. The molecule has 0 aliphatic heterocycles. The van der Waals surface area contributed by atoms with E-state index in [9.17, 15) is 4.79 Å². The van der Waals surface area contributed by atoms with Gasteiger partial charge in [-0.1, -0.05) is 26.2 Å². The molecule has 4 heteroatoms. The van der Waals surface area contributed by atoms with Gasteiger partial charge in [0.05, 0.1) is 12.2 Å². The van der Waals surface area contributed by atoms with Crippen LogP contribution in [-0.4, -0.2) is 24.1 Å². The summed E-state index contributed by atoms with van der Waals surface area (Å²) in [5.41, 5.74) is 0.503. The molecule has 1 saturated carbocycles. The Bertz CT molecular complexity index is 445. The molecule has 21 heavy (non-hydrogen) atoms. The first-order valence-electron chi connectivity index (χ1n) is 8.06. The van der Waals surface area contributed by atoms with Crippen molar-refractivity contribution in [2.75, 3.05) is 18.5 Å². The molecular formula is C17H26N2O2. The molecule has 116 valence electrons. The minimum Gasteiger partial charge on any atom is -0.462 e. The van der Waals surface area contributed by atoms with E-state index in [1.54, 1.807) is 19.2 Å². The van der Waals surface area contributed by atoms with Crippen LogP contribution < -0.4 is 5.32 Å². The first-order valence-corrected chi connectivity index (χ1v) is 8.06. The maximum atomic E-state index is 11.5. The van der Waals surface area contributed by atoms with Crippen molar-refractivity contribution in [1.29, 1.82) is 0 Å². The van der Waals surface area contributed by atoms with Gasteiger partial charge in [-0.25, -0.2) is 9.78 Å². The topological polar surface area (TPSA) is 51.2 Å². The van der Waals surface area contributed by atoms with E-state index in [-0.39, 0.29) is 5.97 Å². The van der Waals surface area contributed by atoms with E-state index < -0.39 is 0 Å². The molecule has 1 aliphatic rings. The number of esters is 1. The number of aromatic nitrogens is 1. The van der Waals surface area contributed by atoms with E-state index >= 15 is 0 Å². The summed E-state index contributed by atoms with van der Waals surface area (Å²) in [6, 6.07) is 3.60. The summed E-state index contributed by atoms with van der Waals surface area (Å²) >= 11 is 0. The Morgan fingerprint density at radius 2 is 2.29 bits per heavy atom. The van der Waals surface area contributed by atoms with Gasteiger partial charge in [0.15, 0.2) is 0 Å². The lowest BCUT2D eigenvalue weighted by Gasteiger charge is -2.26. The molecule has 2 unspecified atom stereocenters. The van der Waals surface area contributed by atoms with Crippen LogP contribution in [0, 0.1) is 11.8 Å². The van der Waals surface area contributed by atoms with Gasteiger partial charge in [0.25, 0.3) is 0 Å². The lowest BCUT2D eigenvalue weighted by Crippen LogP contribution is -2.17. The molecule has 1 heterocycles. The van der Waals surface area contributed by atoms with Crippen LogP contribution in [-0.2, 0) is 4.74 Å². The van der Waals surface area contributed by atoms with Crippen molar-refractivity contribution >= 4 is 11.8 Å². The first kappa shape index (κ1) is 15.8. The predicted molar refractivity (Wildman–Crippen MR) is 84.4 cm³/mol. The fourth-order valence-corrected chi connectivity index (χ4v) is 3.06. The maximum absolute atomic E-state index is 11.5. The molecule has 0 amide bonds. The molecule has 1 aromatic heterocycles. The highest BCUT2D eigenvalue weighted by Gasteiger charge is 2.18. The number of carbonyl (C=O) groups excluding carboxylic acids is 1. The van der Waals surface area contributed by atoms with Gasteiger partial charge in [0.1, 0.15) is 5.82 Å². The lowest BCUT2D eigenvalue weighted by molar-refractivity contribution is 0.0526. The Morgan fingerprint density at radius 1 is 1.43 bits per heavy atom. The second-order valence-electron chi connectivity index (χ2n) is 6.01. The number of nitrogens with one attached hydrogen (secondary N) is 1. The highest BCUT2D eigenvalue weighted by Crippen LogP contribution is 2.30. The van der Waals surface area contributed by atoms with Gasteiger partial charge in [0.2, 0.25) is 0 Å². The van der Waals surface area contributed by atoms with Crippen molar-refractivity contribution < 1.29 is 9.53 Å². The molecule has 4 nitrogen and oxygen atoms in total. The largest absolute Gasteiger partial charge is 0.462 e. The molecule has 0 radical (unpaired) electrons. The number of rotatable bonds is 6. The summed E-state index contributed by atoms with van der Waals surface area (Å²) in [7, 11) is 0. The van der Waals surface area contributed by atoms with Gasteiger partial charge in [-0.3, -0.25) is 0 Å². The van der Waals surface area contributed by atoms with E-state index in [0.29, 0.717) is 12.2 Å². The van der Waals surface area contributed by atoms with Crippen LogP contribution in [0.1, 0.15) is 56.3 Å². The molecular weight excluding hydrogens is 264 g/mol. The highest BCUT2D eigenvalue weighted by atomic mass is 16.5. The number of carbonyl (C=O) groups is 1. The normalized spacial score (nSPS) is 21.8. The number of ether oxygens (including phenoxy) is 1. The summed E-state index contributed by atoms with van der Waals surface area (Å²) in [6.07, 6.45) is 8.26. The SMILES string of the molecule is CCOC(=O)c1ccc(NCCC2CCCC(C)C2)nc1. The van der Waals surface area contributed by atoms with Gasteiger partial charge >= 0.3 is 5.97 Å². The van der Waals surface area contributed by atoms with Gasteiger partial charge < -0.3 is 10.1 Å². The van der Waals surface area contributed by atoms with Crippen molar-refractivity contribution in [3.05, 3.63) is 23.9 Å². The van der Waals surface area contributed by atoms with Crippen LogP contribution in [0.3, 0.4) is 0 Å². The molecule has 0 saturated heterocycles. The van der Waals surface area contributed by atoms with Crippen LogP contribution in [0.4, 0.5) is 5.82 Å². The van der Waals surface area contributed by atoms with Crippen LogP contribution >= 0.6 is 0 Å². The highest BCUT2D eigenvalue weighted by molar-refractivity contribution is 5.89. The Morgan fingerprint density at radius 3 is 2.95 bits per heavy atom. The standard InChI is InChI=1S/C17H26N2O2/c1-3-21-17(20)15-7-8-16(19-12-15)18-10-9-14-6-4-5-13(2)11-14/h7-8,12-14H,3-6,9-11H2,1-2H3,(H,18,19). The minimum absolute atomic E-state index is 0.312. The molecule has 2 atom stereocenters. The van der Waals surface area contributed by atoms with Gasteiger partial charge in [-0.05, 0) is 43.7 Å². The van der Waals surface area contributed by atoms with Crippen molar-refractivity contribution in [3.8, 4) is 0 Å². The zero-order chi connectivity index (χ0) is 15.1. The average Bonchev–Trinajstić information content (AvgIpc) is 2.48. The summed E-state index contributed by atoms with van der Waals surface area (Å²) in [6.45, 7) is 5.49. The Kier molecular flexibility index (Phi) is 6.03. The average molecular weight is 290 g/mol. The Hall–Kier alpha value is -1.58. The van der Waals surface area contributed by atoms with Crippen LogP contribution in [0.15, 0.2) is 18.3 Å². The molecule has 1 N–H and O–H groups in total. The minimum atomic E-state index is -0.312. The maximum Gasteiger partial charge on any atom is 0.339 e. The van der Waals surface area contributed by atoms with Crippen LogP contribution in [0.5, 0.6) is 0 Å². The van der Waals surface area contributed by atoms with Gasteiger partial charge in [-0.2, -0.15) is 0 Å². The summed E-state index contributed by atoms with van der Waals surface area (Å²) in [4.78, 5) is 15.8. The Labute approximate surface area is 127 Å². The number of anilines is 1.